The lowest BCUT2D eigenvalue weighted by atomic mass is 10.1. The summed E-state index contributed by atoms with van der Waals surface area (Å²) < 4.78 is 1.33. The average Bonchev–Trinajstić information content (AvgIpc) is 2.30. The largest absolute Gasteiger partial charge is 0.303 e. The van der Waals surface area contributed by atoms with Crippen LogP contribution in [0.1, 0.15) is 24.8 Å². The smallest absolute Gasteiger partial charge is 0.0130 e. The highest BCUT2D eigenvalue weighted by Crippen LogP contribution is 2.11. The van der Waals surface area contributed by atoms with Gasteiger partial charge in [0.15, 0.2) is 0 Å². The Morgan fingerprint density at radius 1 is 1.00 bits per heavy atom. The van der Waals surface area contributed by atoms with E-state index >= 15 is 0 Å². The summed E-state index contributed by atoms with van der Waals surface area (Å²) in [6.45, 7) is 3.86. The van der Waals surface area contributed by atoms with E-state index in [0.29, 0.717) is 0 Å². The Kier molecular flexibility index (Phi) is 4.44. The third-order valence-electron chi connectivity index (χ3n) is 3.08. The minimum atomic E-state index is 1.21. The molecule has 2 rings (SSSR count). The van der Waals surface area contributed by atoms with Crippen LogP contribution in [0.2, 0.25) is 0 Å². The first kappa shape index (κ1) is 11.4. The molecule has 1 aromatic rings. The zero-order valence-electron chi connectivity index (χ0n) is 9.08. The normalized spacial score (nSPS) is 17.9. The summed E-state index contributed by atoms with van der Waals surface area (Å²) in [5, 5.41) is 0. The predicted molar refractivity (Wildman–Crippen MR) is 73.2 cm³/mol. The van der Waals surface area contributed by atoms with Crippen molar-refractivity contribution in [3.63, 3.8) is 0 Å². The molecule has 1 heterocycles. The van der Waals surface area contributed by atoms with E-state index in [4.69, 9.17) is 0 Å². The summed E-state index contributed by atoms with van der Waals surface area (Å²) in [4.78, 5) is 2.60. The van der Waals surface area contributed by atoms with Crippen LogP contribution in [0.25, 0.3) is 0 Å². The van der Waals surface area contributed by atoms with Crippen molar-refractivity contribution in [1.82, 2.24) is 4.90 Å². The van der Waals surface area contributed by atoms with Gasteiger partial charge in [0.2, 0.25) is 0 Å². The number of benzene rings is 1. The molecule has 0 spiro atoms. The fourth-order valence-electron chi connectivity index (χ4n) is 2.12. The van der Waals surface area contributed by atoms with Crippen molar-refractivity contribution >= 4 is 22.6 Å². The highest BCUT2D eigenvalue weighted by molar-refractivity contribution is 14.1. The zero-order chi connectivity index (χ0) is 10.5. The maximum absolute atomic E-state index is 2.60. The summed E-state index contributed by atoms with van der Waals surface area (Å²) in [6.07, 6.45) is 5.43. The van der Waals surface area contributed by atoms with Crippen molar-refractivity contribution in [2.75, 3.05) is 19.6 Å². The second-order valence-electron chi connectivity index (χ2n) is 4.28. The van der Waals surface area contributed by atoms with Crippen molar-refractivity contribution in [2.45, 2.75) is 25.7 Å². The fraction of sp³-hybridized carbons (Fsp3) is 0.538. The van der Waals surface area contributed by atoms with E-state index < -0.39 is 0 Å². The van der Waals surface area contributed by atoms with Gasteiger partial charge in [0, 0.05) is 10.1 Å². The first-order chi connectivity index (χ1) is 7.34. The van der Waals surface area contributed by atoms with Gasteiger partial charge in [0.25, 0.3) is 0 Å². The molecule has 82 valence electrons. The number of likely N-dealkylation sites (tertiary alicyclic amines) is 1. The van der Waals surface area contributed by atoms with Gasteiger partial charge in [-0.1, -0.05) is 18.6 Å². The number of hydrogen-bond acceptors (Lipinski definition) is 1. The molecule has 0 radical (unpaired) electrons. The van der Waals surface area contributed by atoms with E-state index in [1.165, 1.54) is 54.5 Å². The van der Waals surface area contributed by atoms with Crippen LogP contribution in [-0.2, 0) is 6.42 Å². The van der Waals surface area contributed by atoms with E-state index in [9.17, 15) is 0 Å². The second kappa shape index (κ2) is 5.85. The number of nitrogens with zero attached hydrogens (tertiary/aromatic N) is 1. The first-order valence-corrected chi connectivity index (χ1v) is 6.89. The molecule has 1 aliphatic heterocycles. The van der Waals surface area contributed by atoms with Crippen LogP contribution in [0.15, 0.2) is 24.3 Å². The molecule has 0 amide bonds. The summed E-state index contributed by atoms with van der Waals surface area (Å²) in [7, 11) is 0. The van der Waals surface area contributed by atoms with E-state index in [1.54, 1.807) is 0 Å². The summed E-state index contributed by atoms with van der Waals surface area (Å²) >= 11 is 2.36. The first-order valence-electron chi connectivity index (χ1n) is 5.81. The maximum atomic E-state index is 2.60. The highest BCUT2D eigenvalue weighted by Gasteiger charge is 2.09. The van der Waals surface area contributed by atoms with Crippen LogP contribution in [0.5, 0.6) is 0 Å². The van der Waals surface area contributed by atoms with Gasteiger partial charge in [-0.05, 0) is 72.6 Å². The molecule has 2 heteroatoms. The van der Waals surface area contributed by atoms with Gasteiger partial charge in [-0.15, -0.1) is 0 Å². The van der Waals surface area contributed by atoms with Gasteiger partial charge in [-0.25, -0.2) is 0 Å². The van der Waals surface area contributed by atoms with Gasteiger partial charge in [0.05, 0.1) is 0 Å². The van der Waals surface area contributed by atoms with Crippen molar-refractivity contribution in [2.24, 2.45) is 0 Å². The van der Waals surface area contributed by atoms with E-state index in [2.05, 4.69) is 51.8 Å². The summed E-state index contributed by atoms with van der Waals surface area (Å²) in [6, 6.07) is 8.91. The Labute approximate surface area is 106 Å². The maximum Gasteiger partial charge on any atom is 0.0130 e. The molecular weight excluding hydrogens is 297 g/mol. The van der Waals surface area contributed by atoms with Gasteiger partial charge in [-0.2, -0.15) is 0 Å². The molecule has 0 aromatic heterocycles. The molecule has 1 aliphatic rings. The van der Waals surface area contributed by atoms with Gasteiger partial charge < -0.3 is 4.90 Å². The van der Waals surface area contributed by atoms with Gasteiger partial charge >= 0.3 is 0 Å². The number of piperidine rings is 1. The summed E-state index contributed by atoms with van der Waals surface area (Å²) in [5.41, 5.74) is 1.47. The Hall–Kier alpha value is -0.0900. The number of halogens is 1. The molecule has 0 atom stereocenters. The third kappa shape index (κ3) is 3.76. The van der Waals surface area contributed by atoms with Crippen LogP contribution in [0, 0.1) is 3.57 Å². The second-order valence-corrected chi connectivity index (χ2v) is 5.52. The Morgan fingerprint density at radius 3 is 2.33 bits per heavy atom. The lowest BCUT2D eigenvalue weighted by Crippen LogP contribution is -2.31. The van der Waals surface area contributed by atoms with Crippen molar-refractivity contribution in [3.05, 3.63) is 33.4 Å². The quantitative estimate of drug-likeness (QED) is 0.774. The Bertz CT molecular complexity index is 288. The molecule has 1 saturated heterocycles. The molecular formula is C13H18IN. The molecule has 0 aliphatic carbocycles. The average molecular weight is 315 g/mol. The number of rotatable bonds is 3. The molecule has 0 N–H and O–H groups in total. The molecule has 15 heavy (non-hydrogen) atoms. The molecule has 0 unspecified atom stereocenters. The van der Waals surface area contributed by atoms with Crippen LogP contribution in [0.4, 0.5) is 0 Å². The van der Waals surface area contributed by atoms with Crippen LogP contribution < -0.4 is 0 Å². The van der Waals surface area contributed by atoms with Crippen LogP contribution >= 0.6 is 22.6 Å². The standard InChI is InChI=1S/C13H18IN/c14-13-6-4-12(5-7-13)8-11-15-9-2-1-3-10-15/h4-7H,1-3,8-11H2. The predicted octanol–water partition coefficient (Wildman–Crippen LogP) is 3.32. The minimum Gasteiger partial charge on any atom is -0.303 e. The SMILES string of the molecule is Ic1ccc(CCN2CCCCC2)cc1. The Balaban J connectivity index is 1.79. The Morgan fingerprint density at radius 2 is 1.67 bits per heavy atom. The monoisotopic (exact) mass is 315 g/mol. The zero-order valence-corrected chi connectivity index (χ0v) is 11.2. The molecule has 1 nitrogen and oxygen atoms in total. The van der Waals surface area contributed by atoms with Crippen LogP contribution in [0.3, 0.4) is 0 Å². The van der Waals surface area contributed by atoms with E-state index in [1.807, 2.05) is 0 Å². The minimum absolute atomic E-state index is 1.21. The molecule has 0 bridgehead atoms. The fourth-order valence-corrected chi connectivity index (χ4v) is 2.48. The van der Waals surface area contributed by atoms with Crippen molar-refractivity contribution in [3.8, 4) is 0 Å². The van der Waals surface area contributed by atoms with Crippen molar-refractivity contribution in [1.29, 1.82) is 0 Å². The number of hydrogen-bond donors (Lipinski definition) is 0. The molecule has 1 aromatic carbocycles. The molecule has 0 saturated carbocycles. The third-order valence-corrected chi connectivity index (χ3v) is 3.80. The lowest BCUT2D eigenvalue weighted by molar-refractivity contribution is 0.231. The van der Waals surface area contributed by atoms with E-state index in [-0.39, 0.29) is 0 Å². The van der Waals surface area contributed by atoms with Crippen molar-refractivity contribution < 1.29 is 0 Å². The molecule has 1 fully saturated rings. The van der Waals surface area contributed by atoms with Gasteiger partial charge in [-0.3, -0.25) is 0 Å². The van der Waals surface area contributed by atoms with E-state index in [0.717, 1.165) is 0 Å². The topological polar surface area (TPSA) is 3.24 Å². The van der Waals surface area contributed by atoms with Crippen LogP contribution in [-0.4, -0.2) is 24.5 Å². The van der Waals surface area contributed by atoms with Gasteiger partial charge in [0.1, 0.15) is 0 Å². The summed E-state index contributed by atoms with van der Waals surface area (Å²) in [5.74, 6) is 0. The lowest BCUT2D eigenvalue weighted by Gasteiger charge is -2.26. The highest BCUT2D eigenvalue weighted by atomic mass is 127.